The Kier molecular flexibility index (Phi) is 5.67. The second kappa shape index (κ2) is 7.95. The van der Waals surface area contributed by atoms with Crippen molar-refractivity contribution in [3.8, 4) is 17.0 Å². The molecule has 2 atom stereocenters. The van der Waals surface area contributed by atoms with Gasteiger partial charge in [0.15, 0.2) is 6.79 Å². The molecule has 0 aliphatic carbocycles. The summed E-state index contributed by atoms with van der Waals surface area (Å²) in [6, 6.07) is 6.12. The molecule has 25 heavy (non-hydrogen) atoms. The van der Waals surface area contributed by atoms with Crippen LogP contribution < -0.4 is 15.0 Å². The van der Waals surface area contributed by atoms with Gasteiger partial charge in [-0.3, -0.25) is 0 Å². The Morgan fingerprint density at radius 2 is 2.00 bits per heavy atom. The van der Waals surface area contributed by atoms with Crippen LogP contribution in [-0.4, -0.2) is 54.3 Å². The Hall–Kier alpha value is -1.96. The summed E-state index contributed by atoms with van der Waals surface area (Å²) in [5.74, 6) is 1.22. The maximum atomic E-state index is 6.05. The summed E-state index contributed by atoms with van der Waals surface area (Å²) in [4.78, 5) is 6.64. The average molecular weight is 364 g/mol. The Labute approximate surface area is 152 Å². The summed E-state index contributed by atoms with van der Waals surface area (Å²) in [5.41, 5.74) is 1.40. The summed E-state index contributed by atoms with van der Waals surface area (Å²) in [7, 11) is 1.57. The van der Waals surface area contributed by atoms with E-state index in [0.717, 1.165) is 18.7 Å². The molecule has 0 amide bonds. The SMILES string of the molecule is COCOc1cc(Cl)ccc1-c1cnc(N2C[C@@H](C)N[C@@H](C)C2)nn1. The van der Waals surface area contributed by atoms with E-state index in [-0.39, 0.29) is 6.79 Å². The quantitative estimate of drug-likeness (QED) is 0.817. The van der Waals surface area contributed by atoms with Gasteiger partial charge in [0.2, 0.25) is 5.95 Å². The van der Waals surface area contributed by atoms with Crippen LogP contribution in [0.1, 0.15) is 13.8 Å². The number of halogens is 1. The number of nitrogens with zero attached hydrogens (tertiary/aromatic N) is 4. The standard InChI is InChI=1S/C17H22ClN5O2/c1-11-8-23(9-12(2)20-11)17-19-7-15(21-22-17)14-5-4-13(18)6-16(14)25-10-24-3/h4-7,11-12,20H,8-10H2,1-3H3/t11-,12+. The van der Waals surface area contributed by atoms with Crippen molar-refractivity contribution in [2.45, 2.75) is 25.9 Å². The molecular weight excluding hydrogens is 342 g/mol. The first-order valence-electron chi connectivity index (χ1n) is 8.19. The molecule has 7 nitrogen and oxygen atoms in total. The zero-order valence-electron chi connectivity index (χ0n) is 14.6. The predicted octanol–water partition coefficient (Wildman–Crippen LogP) is 2.36. The van der Waals surface area contributed by atoms with Gasteiger partial charge >= 0.3 is 0 Å². The maximum Gasteiger partial charge on any atom is 0.245 e. The van der Waals surface area contributed by atoms with Crippen molar-refractivity contribution in [1.29, 1.82) is 0 Å². The lowest BCUT2D eigenvalue weighted by molar-refractivity contribution is 0.0515. The number of nitrogens with one attached hydrogen (secondary N) is 1. The first kappa shape index (κ1) is 17.8. The van der Waals surface area contributed by atoms with Crippen LogP contribution in [0, 0.1) is 0 Å². The summed E-state index contributed by atoms with van der Waals surface area (Å²) < 4.78 is 10.5. The van der Waals surface area contributed by atoms with Crippen molar-refractivity contribution in [2.75, 3.05) is 31.9 Å². The maximum absolute atomic E-state index is 6.05. The van der Waals surface area contributed by atoms with Crippen LogP contribution in [-0.2, 0) is 4.74 Å². The summed E-state index contributed by atoms with van der Waals surface area (Å²) in [6.45, 7) is 6.14. The van der Waals surface area contributed by atoms with Gasteiger partial charge < -0.3 is 19.7 Å². The van der Waals surface area contributed by atoms with Crippen molar-refractivity contribution in [2.24, 2.45) is 0 Å². The summed E-state index contributed by atoms with van der Waals surface area (Å²) >= 11 is 6.05. The van der Waals surface area contributed by atoms with E-state index in [9.17, 15) is 0 Å². The molecule has 0 spiro atoms. The molecule has 3 rings (SSSR count). The molecule has 2 heterocycles. The van der Waals surface area contributed by atoms with Gasteiger partial charge in [-0.2, -0.15) is 0 Å². The predicted molar refractivity (Wildman–Crippen MR) is 97.0 cm³/mol. The average Bonchev–Trinajstić information content (AvgIpc) is 2.59. The molecule has 1 aliphatic rings. The van der Waals surface area contributed by atoms with Crippen LogP contribution in [0.15, 0.2) is 24.4 Å². The van der Waals surface area contributed by atoms with Gasteiger partial charge in [0.1, 0.15) is 11.4 Å². The van der Waals surface area contributed by atoms with Crippen molar-refractivity contribution in [3.05, 3.63) is 29.4 Å². The van der Waals surface area contributed by atoms with Crippen molar-refractivity contribution >= 4 is 17.5 Å². The number of methoxy groups -OCH3 is 1. The van der Waals surface area contributed by atoms with Gasteiger partial charge in [-0.05, 0) is 32.0 Å². The highest BCUT2D eigenvalue weighted by Crippen LogP contribution is 2.31. The third-order valence-electron chi connectivity index (χ3n) is 3.94. The third-order valence-corrected chi connectivity index (χ3v) is 4.18. The number of anilines is 1. The van der Waals surface area contributed by atoms with Crippen LogP contribution in [0.4, 0.5) is 5.95 Å². The molecule has 0 bridgehead atoms. The lowest BCUT2D eigenvalue weighted by Gasteiger charge is -2.35. The highest BCUT2D eigenvalue weighted by molar-refractivity contribution is 6.30. The molecule has 1 aromatic heterocycles. The first-order valence-corrected chi connectivity index (χ1v) is 8.57. The third kappa shape index (κ3) is 4.36. The van der Waals surface area contributed by atoms with E-state index in [0.29, 0.717) is 34.5 Å². The van der Waals surface area contributed by atoms with E-state index in [4.69, 9.17) is 21.1 Å². The molecule has 0 saturated carbocycles. The minimum absolute atomic E-state index is 0.128. The zero-order chi connectivity index (χ0) is 17.8. The molecule has 2 aromatic rings. The zero-order valence-corrected chi connectivity index (χ0v) is 15.3. The number of aromatic nitrogens is 3. The minimum atomic E-state index is 0.128. The second-order valence-electron chi connectivity index (χ2n) is 6.21. The largest absolute Gasteiger partial charge is 0.467 e. The van der Waals surface area contributed by atoms with Gasteiger partial charge in [0.25, 0.3) is 0 Å². The Balaban J connectivity index is 1.83. The van der Waals surface area contributed by atoms with E-state index in [1.807, 2.05) is 6.07 Å². The van der Waals surface area contributed by atoms with Crippen LogP contribution in [0.25, 0.3) is 11.3 Å². The molecule has 1 aromatic carbocycles. The van der Waals surface area contributed by atoms with Gasteiger partial charge in [0.05, 0.1) is 6.20 Å². The number of ether oxygens (including phenoxy) is 2. The highest BCUT2D eigenvalue weighted by atomic mass is 35.5. The fourth-order valence-electron chi connectivity index (χ4n) is 2.98. The van der Waals surface area contributed by atoms with E-state index >= 15 is 0 Å². The molecule has 0 unspecified atom stereocenters. The number of hydrogen-bond donors (Lipinski definition) is 1. The number of benzene rings is 1. The highest BCUT2D eigenvalue weighted by Gasteiger charge is 2.23. The molecule has 1 aliphatic heterocycles. The van der Waals surface area contributed by atoms with Gasteiger partial charge in [-0.1, -0.05) is 11.6 Å². The minimum Gasteiger partial charge on any atom is -0.467 e. The molecule has 1 saturated heterocycles. The number of hydrogen-bond acceptors (Lipinski definition) is 7. The van der Waals surface area contributed by atoms with Crippen LogP contribution >= 0.6 is 11.6 Å². The monoisotopic (exact) mass is 363 g/mol. The smallest absolute Gasteiger partial charge is 0.245 e. The van der Waals surface area contributed by atoms with Crippen molar-refractivity contribution in [3.63, 3.8) is 0 Å². The summed E-state index contributed by atoms with van der Waals surface area (Å²) in [6.07, 6.45) is 1.71. The van der Waals surface area contributed by atoms with Gasteiger partial charge in [-0.25, -0.2) is 4.98 Å². The topological polar surface area (TPSA) is 72.4 Å². The van der Waals surface area contributed by atoms with Crippen LogP contribution in [0.3, 0.4) is 0 Å². The normalized spacial score (nSPS) is 20.6. The number of rotatable bonds is 5. The lowest BCUT2D eigenvalue weighted by Crippen LogP contribution is -2.54. The molecule has 8 heteroatoms. The fourth-order valence-corrected chi connectivity index (χ4v) is 3.14. The fraction of sp³-hybridized carbons (Fsp3) is 0.471. The summed E-state index contributed by atoms with van der Waals surface area (Å²) in [5, 5.41) is 12.7. The molecule has 1 N–H and O–H groups in total. The Morgan fingerprint density at radius 1 is 1.24 bits per heavy atom. The molecule has 0 radical (unpaired) electrons. The second-order valence-corrected chi connectivity index (χ2v) is 6.64. The number of piperazine rings is 1. The van der Waals surface area contributed by atoms with Gasteiger partial charge in [-0.15, -0.1) is 10.2 Å². The van der Waals surface area contributed by atoms with E-state index < -0.39 is 0 Å². The van der Waals surface area contributed by atoms with E-state index in [1.54, 1.807) is 25.4 Å². The Bertz CT molecular complexity index is 703. The van der Waals surface area contributed by atoms with Crippen LogP contribution in [0.2, 0.25) is 5.02 Å². The molecular formula is C17H22ClN5O2. The van der Waals surface area contributed by atoms with Crippen LogP contribution in [0.5, 0.6) is 5.75 Å². The molecule has 134 valence electrons. The van der Waals surface area contributed by atoms with E-state index in [1.165, 1.54) is 0 Å². The van der Waals surface area contributed by atoms with Gasteiger partial charge in [0, 0.05) is 42.9 Å². The van der Waals surface area contributed by atoms with E-state index in [2.05, 4.69) is 39.2 Å². The first-order chi connectivity index (χ1) is 12.1. The van der Waals surface area contributed by atoms with Crippen molar-refractivity contribution in [1.82, 2.24) is 20.5 Å². The van der Waals surface area contributed by atoms with Crippen molar-refractivity contribution < 1.29 is 9.47 Å². The Morgan fingerprint density at radius 3 is 2.64 bits per heavy atom. The molecule has 1 fully saturated rings. The lowest BCUT2D eigenvalue weighted by atomic mass is 10.1.